The van der Waals surface area contributed by atoms with Crippen LogP contribution in [-0.4, -0.2) is 127 Å². The molecule has 5 aliphatic rings. The summed E-state index contributed by atoms with van der Waals surface area (Å²) in [6.45, 7) is 18.9. The minimum absolute atomic E-state index is 0.0186. The molecule has 5 aliphatic heterocycles. The van der Waals surface area contributed by atoms with Crippen molar-refractivity contribution in [2.24, 2.45) is 5.92 Å². The molecule has 0 aliphatic carbocycles. The van der Waals surface area contributed by atoms with Crippen molar-refractivity contribution in [3.63, 3.8) is 0 Å². The van der Waals surface area contributed by atoms with Gasteiger partial charge >= 0.3 is 0 Å². The van der Waals surface area contributed by atoms with Gasteiger partial charge in [0.2, 0.25) is 23.4 Å². The maximum Gasteiger partial charge on any atom is 0.255 e. The largest absolute Gasteiger partial charge is 0.508 e. The zero-order chi connectivity index (χ0) is 41.4. The van der Waals surface area contributed by atoms with Crippen molar-refractivity contribution >= 4 is 46.5 Å². The Bertz CT molecular complexity index is 2140. The first kappa shape index (κ1) is 40.0. The average molecular weight is 806 g/mol. The molecule has 8 rings (SSSR count). The number of carbonyl (C=O) groups is 4. The summed E-state index contributed by atoms with van der Waals surface area (Å²) >= 11 is 0. The number of ether oxygens (including phenoxy) is 1. The van der Waals surface area contributed by atoms with Crippen LogP contribution in [0, 0.1) is 18.3 Å². The summed E-state index contributed by atoms with van der Waals surface area (Å²) in [6, 6.07) is 12.2. The van der Waals surface area contributed by atoms with Gasteiger partial charge in [0.1, 0.15) is 23.4 Å². The highest BCUT2D eigenvalue weighted by atomic mass is 19.1. The van der Waals surface area contributed by atoms with Gasteiger partial charge in [0.05, 0.1) is 25.8 Å². The summed E-state index contributed by atoms with van der Waals surface area (Å²) in [5.41, 5.74) is 3.86. The van der Waals surface area contributed by atoms with Crippen LogP contribution in [0.15, 0.2) is 48.7 Å². The molecule has 4 saturated heterocycles. The molecule has 1 aromatic heterocycles. The summed E-state index contributed by atoms with van der Waals surface area (Å²) in [6.07, 6.45) is 4.70. The van der Waals surface area contributed by atoms with Crippen molar-refractivity contribution in [2.45, 2.75) is 70.6 Å². The third kappa shape index (κ3) is 8.28. The summed E-state index contributed by atoms with van der Waals surface area (Å²) in [7, 11) is 1.58. The predicted molar refractivity (Wildman–Crippen MR) is 221 cm³/mol. The van der Waals surface area contributed by atoms with Crippen molar-refractivity contribution in [1.29, 1.82) is 0 Å². The van der Waals surface area contributed by atoms with E-state index in [2.05, 4.69) is 43.6 Å². The maximum atomic E-state index is 15.4. The number of nitrogens with zero attached hydrogens (tertiary/aromatic N) is 8. The van der Waals surface area contributed by atoms with Gasteiger partial charge < -0.3 is 29.2 Å². The van der Waals surface area contributed by atoms with E-state index in [9.17, 15) is 19.2 Å². The van der Waals surface area contributed by atoms with Gasteiger partial charge in [-0.15, -0.1) is 0 Å². The minimum atomic E-state index is -0.726. The standard InChI is InChI=1S/C44H52FN9O5/c1-28-25-53(29(2)24-52(28)33-6-7-36(46-3)39(21-33)59-4)42(56)19-31-5-9-40(47-23-31)51-13-11-30(12-14-51)26-49-15-17-50(18-16-49)38-20-32-27-54(44(58)34(32)22-35(38)45)37-8-10-41(55)48-43(37)57/h5-7,9,20-23,28-30,37H,8,10-19,24-27H2,1-2,4H3,(H,48,55,57)/t28-,29+,37-/m0/s1. The van der Waals surface area contributed by atoms with Crippen molar-refractivity contribution in [1.82, 2.24) is 25.0 Å². The molecule has 0 unspecified atom stereocenters. The average Bonchev–Trinajstić information content (AvgIpc) is 3.55. The second kappa shape index (κ2) is 16.8. The second-order valence-corrected chi connectivity index (χ2v) is 16.6. The lowest BCUT2D eigenvalue weighted by Crippen LogP contribution is -2.58. The molecule has 6 heterocycles. The normalized spacial score (nSPS) is 23.0. The van der Waals surface area contributed by atoms with Gasteiger partial charge in [0.15, 0.2) is 0 Å². The quantitative estimate of drug-likeness (QED) is 0.248. The highest BCUT2D eigenvalue weighted by molar-refractivity contribution is 6.05. The third-order valence-corrected chi connectivity index (χ3v) is 12.8. The molecule has 4 amide bonds. The van der Waals surface area contributed by atoms with Crippen LogP contribution >= 0.6 is 0 Å². The van der Waals surface area contributed by atoms with E-state index in [1.165, 1.54) is 11.0 Å². The van der Waals surface area contributed by atoms with Gasteiger partial charge in [-0.05, 0) is 80.5 Å². The molecule has 4 fully saturated rings. The highest BCUT2D eigenvalue weighted by Crippen LogP contribution is 2.35. The fourth-order valence-electron chi connectivity index (χ4n) is 9.46. The van der Waals surface area contributed by atoms with Gasteiger partial charge in [-0.2, -0.15) is 0 Å². The van der Waals surface area contributed by atoms with Crippen molar-refractivity contribution in [2.75, 3.05) is 80.7 Å². The molecule has 310 valence electrons. The van der Waals surface area contributed by atoms with Crippen LogP contribution in [0.4, 0.5) is 27.3 Å². The number of benzene rings is 2. The Morgan fingerprint density at radius 2 is 1.71 bits per heavy atom. The van der Waals surface area contributed by atoms with E-state index in [4.69, 9.17) is 16.3 Å². The monoisotopic (exact) mass is 805 g/mol. The number of aromatic nitrogens is 1. The molecule has 2 aromatic carbocycles. The Kier molecular flexibility index (Phi) is 11.4. The number of anilines is 3. The van der Waals surface area contributed by atoms with Crippen LogP contribution in [0.5, 0.6) is 5.75 Å². The maximum absolute atomic E-state index is 15.4. The number of imide groups is 1. The van der Waals surface area contributed by atoms with Crippen LogP contribution < -0.4 is 24.8 Å². The number of nitrogens with one attached hydrogen (secondary N) is 1. The molecule has 59 heavy (non-hydrogen) atoms. The molecule has 0 radical (unpaired) electrons. The van der Waals surface area contributed by atoms with E-state index in [0.717, 1.165) is 62.6 Å². The number of hydrogen-bond acceptors (Lipinski definition) is 10. The Morgan fingerprint density at radius 1 is 0.932 bits per heavy atom. The molecular weight excluding hydrogens is 754 g/mol. The lowest BCUT2D eigenvalue weighted by molar-refractivity contribution is -0.137. The van der Waals surface area contributed by atoms with Crippen LogP contribution in [0.2, 0.25) is 0 Å². The predicted octanol–water partition coefficient (Wildman–Crippen LogP) is 4.25. The van der Waals surface area contributed by atoms with Gasteiger partial charge in [0.25, 0.3) is 5.91 Å². The molecule has 0 bridgehead atoms. The van der Waals surface area contributed by atoms with E-state index in [1.54, 1.807) is 19.2 Å². The van der Waals surface area contributed by atoms with E-state index < -0.39 is 17.8 Å². The van der Waals surface area contributed by atoms with E-state index in [-0.39, 0.29) is 54.8 Å². The third-order valence-electron chi connectivity index (χ3n) is 12.8. The molecule has 3 atom stereocenters. The fraction of sp³-hybridized carbons (Fsp3) is 0.500. The first-order chi connectivity index (χ1) is 28.5. The fourth-order valence-corrected chi connectivity index (χ4v) is 9.46. The Hall–Kier alpha value is -5.75. The second-order valence-electron chi connectivity index (χ2n) is 16.6. The molecule has 15 heteroatoms. The van der Waals surface area contributed by atoms with Crippen LogP contribution in [0.3, 0.4) is 0 Å². The number of pyridine rings is 1. The van der Waals surface area contributed by atoms with Gasteiger partial charge in [-0.1, -0.05) is 12.1 Å². The SMILES string of the molecule is [C-]#[N+]c1ccc(N2C[C@@H](C)N(C(=O)Cc3ccc(N4CCC(CN5CCN(c6cc7c(cc6F)C(=O)N([C@H]6CCC(=O)NC6=O)C7)CC5)CC4)nc3)C[C@@H]2C)cc1OC. The number of piperazine rings is 2. The Morgan fingerprint density at radius 3 is 2.41 bits per heavy atom. The van der Waals surface area contributed by atoms with E-state index >= 15 is 4.39 Å². The summed E-state index contributed by atoms with van der Waals surface area (Å²) in [4.78, 5) is 71.6. The number of piperidine rings is 2. The first-order valence-corrected chi connectivity index (χ1v) is 20.8. The summed E-state index contributed by atoms with van der Waals surface area (Å²) in [5.74, 6) is 0.524. The highest BCUT2D eigenvalue weighted by Gasteiger charge is 2.40. The lowest BCUT2D eigenvalue weighted by Gasteiger charge is -2.45. The van der Waals surface area contributed by atoms with Crippen LogP contribution in [0.1, 0.15) is 61.0 Å². The molecule has 14 nitrogen and oxygen atoms in total. The molecule has 0 saturated carbocycles. The van der Waals surface area contributed by atoms with E-state index in [0.29, 0.717) is 61.2 Å². The van der Waals surface area contributed by atoms with Gasteiger partial charge in [-0.3, -0.25) is 29.4 Å². The number of fused-ring (bicyclic) bond motifs is 1. The van der Waals surface area contributed by atoms with Crippen molar-refractivity contribution < 1.29 is 28.3 Å². The number of halogens is 1. The van der Waals surface area contributed by atoms with Crippen LogP contribution in [0.25, 0.3) is 4.85 Å². The topological polar surface area (TPSA) is 126 Å². The van der Waals surface area contributed by atoms with Crippen molar-refractivity contribution in [3.05, 3.63) is 82.6 Å². The minimum Gasteiger partial charge on any atom is -0.508 e. The number of rotatable bonds is 9. The summed E-state index contributed by atoms with van der Waals surface area (Å²) < 4.78 is 20.9. The number of carbonyl (C=O) groups excluding carboxylic acids is 4. The van der Waals surface area contributed by atoms with Gasteiger partial charge in [-0.25, -0.2) is 14.2 Å². The Labute approximate surface area is 344 Å². The van der Waals surface area contributed by atoms with Crippen LogP contribution in [-0.2, 0) is 27.3 Å². The number of hydrogen-bond donors (Lipinski definition) is 1. The first-order valence-electron chi connectivity index (χ1n) is 20.8. The van der Waals surface area contributed by atoms with E-state index in [1.807, 2.05) is 35.4 Å². The number of methoxy groups -OCH3 is 1. The smallest absolute Gasteiger partial charge is 0.255 e. The van der Waals surface area contributed by atoms with Gasteiger partial charge in [0, 0.05) is 101 Å². The van der Waals surface area contributed by atoms with Crippen molar-refractivity contribution in [3.8, 4) is 5.75 Å². The summed E-state index contributed by atoms with van der Waals surface area (Å²) in [5, 5.41) is 2.31. The molecular formula is C44H52FN9O5. The lowest BCUT2D eigenvalue weighted by atomic mass is 9.95. The molecule has 3 aromatic rings. The zero-order valence-corrected chi connectivity index (χ0v) is 34.0. The molecule has 0 spiro atoms. The Balaban J connectivity index is 0.779. The number of amides is 4. The molecule has 1 N–H and O–H groups in total. The zero-order valence-electron chi connectivity index (χ0n) is 34.0.